The van der Waals surface area contributed by atoms with Crippen molar-refractivity contribution in [2.75, 3.05) is 12.9 Å². The third-order valence-corrected chi connectivity index (χ3v) is 6.66. The molecule has 0 fully saturated rings. The molecular formula is C17H14F3N3O3S2. The lowest BCUT2D eigenvalue weighted by Gasteiger charge is -2.18. The summed E-state index contributed by atoms with van der Waals surface area (Å²) >= 11 is 2.27. The minimum atomic E-state index is -4.69. The summed E-state index contributed by atoms with van der Waals surface area (Å²) in [6.07, 6.45) is -3.59. The van der Waals surface area contributed by atoms with E-state index in [0.29, 0.717) is 5.75 Å². The van der Waals surface area contributed by atoms with Crippen LogP contribution in [0.25, 0.3) is 21.5 Å². The number of H-pyrrole nitrogens is 1. The van der Waals surface area contributed by atoms with E-state index in [0.717, 1.165) is 34.0 Å². The van der Waals surface area contributed by atoms with Crippen LogP contribution in [0.5, 0.6) is 0 Å². The molecule has 0 spiro atoms. The number of methoxy groups -OCH3 is 1. The molecule has 0 saturated carbocycles. The summed E-state index contributed by atoms with van der Waals surface area (Å²) in [7, 11) is 1.47. The van der Waals surface area contributed by atoms with Gasteiger partial charge in [-0.2, -0.15) is 13.2 Å². The molecule has 0 unspecified atom stereocenters. The average molecular weight is 429 g/mol. The molecule has 148 valence electrons. The van der Waals surface area contributed by atoms with Gasteiger partial charge in [0, 0.05) is 34.4 Å². The maximum absolute atomic E-state index is 13.9. The van der Waals surface area contributed by atoms with Gasteiger partial charge in [-0.25, -0.2) is 9.78 Å². The highest BCUT2D eigenvalue weighted by molar-refractivity contribution is 7.99. The number of aromatic nitrogens is 3. The number of thioether (sulfide) groups is 1. The number of hydrogen-bond donors (Lipinski definition) is 1. The molecule has 0 radical (unpaired) electrons. The van der Waals surface area contributed by atoms with E-state index in [1.165, 1.54) is 17.9 Å². The number of halogens is 3. The Kier molecular flexibility index (Phi) is 4.63. The normalized spacial score (nSPS) is 17.1. The van der Waals surface area contributed by atoms with Gasteiger partial charge in [0.15, 0.2) is 0 Å². The Morgan fingerprint density at radius 2 is 2.11 bits per heavy atom. The van der Waals surface area contributed by atoms with Crippen LogP contribution in [-0.4, -0.2) is 33.5 Å². The number of hydrogen-bond acceptors (Lipinski definition) is 6. The topological polar surface area (TPSA) is 77.0 Å². The Bertz CT molecular complexity index is 1200. The van der Waals surface area contributed by atoms with Crippen LogP contribution in [-0.2, 0) is 17.5 Å². The third-order valence-electron chi connectivity index (χ3n) is 4.51. The van der Waals surface area contributed by atoms with E-state index in [-0.39, 0.29) is 32.9 Å². The molecule has 1 aliphatic rings. The summed E-state index contributed by atoms with van der Waals surface area (Å²) in [6, 6.07) is 0.813. The predicted octanol–water partition coefficient (Wildman–Crippen LogP) is 3.26. The van der Waals surface area contributed by atoms with Gasteiger partial charge in [-0.3, -0.25) is 14.3 Å². The number of ether oxygens (including phenoxy) is 1. The van der Waals surface area contributed by atoms with Crippen LogP contribution in [0.4, 0.5) is 13.2 Å². The van der Waals surface area contributed by atoms with Gasteiger partial charge in [0.2, 0.25) is 0 Å². The molecule has 11 heteroatoms. The van der Waals surface area contributed by atoms with Crippen molar-refractivity contribution in [3.63, 3.8) is 0 Å². The molecule has 0 amide bonds. The van der Waals surface area contributed by atoms with E-state index in [1.54, 1.807) is 6.92 Å². The van der Waals surface area contributed by atoms with Gasteiger partial charge < -0.3 is 4.74 Å². The van der Waals surface area contributed by atoms with E-state index in [9.17, 15) is 22.8 Å². The largest absolute Gasteiger partial charge is 0.417 e. The summed E-state index contributed by atoms with van der Waals surface area (Å²) in [4.78, 5) is 32.0. The summed E-state index contributed by atoms with van der Waals surface area (Å²) < 4.78 is 48.4. The monoisotopic (exact) mass is 429 g/mol. The highest BCUT2D eigenvalue weighted by Gasteiger charge is 2.38. The zero-order valence-corrected chi connectivity index (χ0v) is 16.3. The van der Waals surface area contributed by atoms with Crippen molar-refractivity contribution in [1.82, 2.24) is 14.5 Å². The molecule has 0 bridgehead atoms. The van der Waals surface area contributed by atoms with Crippen molar-refractivity contribution in [3.8, 4) is 10.6 Å². The Labute approximate surface area is 164 Å². The van der Waals surface area contributed by atoms with Crippen molar-refractivity contribution < 1.29 is 17.9 Å². The van der Waals surface area contributed by atoms with Crippen LogP contribution in [0.15, 0.2) is 26.7 Å². The van der Waals surface area contributed by atoms with Gasteiger partial charge in [0.25, 0.3) is 5.56 Å². The molecule has 1 aromatic carbocycles. The highest BCUT2D eigenvalue weighted by atomic mass is 32.2. The van der Waals surface area contributed by atoms with Gasteiger partial charge in [-0.1, -0.05) is 0 Å². The molecule has 28 heavy (non-hydrogen) atoms. The molecule has 1 atom stereocenters. The SMILES string of the molecule is CO[C@@H]1CSc2c(-c3ncc(C)s3)c(C(F)(F)F)cc3c(=O)[nH]c(=O)n(c23)C1. The maximum Gasteiger partial charge on any atom is 0.417 e. The smallest absolute Gasteiger partial charge is 0.379 e. The molecule has 0 aliphatic carbocycles. The van der Waals surface area contributed by atoms with Crippen LogP contribution in [0.3, 0.4) is 0 Å². The third kappa shape index (κ3) is 3.07. The van der Waals surface area contributed by atoms with Crippen molar-refractivity contribution in [2.24, 2.45) is 0 Å². The lowest BCUT2D eigenvalue weighted by atomic mass is 10.0. The molecular weight excluding hydrogens is 415 g/mol. The molecule has 2 aromatic heterocycles. The van der Waals surface area contributed by atoms with E-state index >= 15 is 0 Å². The van der Waals surface area contributed by atoms with Gasteiger partial charge in [-0.05, 0) is 13.0 Å². The maximum atomic E-state index is 13.9. The van der Waals surface area contributed by atoms with E-state index in [1.807, 2.05) is 0 Å². The summed E-state index contributed by atoms with van der Waals surface area (Å²) in [6.45, 7) is 1.88. The second-order valence-corrected chi connectivity index (χ2v) is 8.60. The molecule has 0 saturated heterocycles. The first kappa shape index (κ1) is 19.2. The molecule has 3 heterocycles. The van der Waals surface area contributed by atoms with Gasteiger partial charge in [-0.15, -0.1) is 23.1 Å². The number of aryl methyl sites for hydroxylation is 1. The molecule has 6 nitrogen and oxygen atoms in total. The van der Waals surface area contributed by atoms with Crippen LogP contribution >= 0.6 is 23.1 Å². The second-order valence-electron chi connectivity index (χ2n) is 6.34. The van der Waals surface area contributed by atoms with Crippen molar-refractivity contribution >= 4 is 34.0 Å². The summed E-state index contributed by atoms with van der Waals surface area (Å²) in [5.74, 6) is 0.333. The molecule has 1 aliphatic heterocycles. The number of thiazole rings is 1. The first-order valence-corrected chi connectivity index (χ1v) is 10.0. The Morgan fingerprint density at radius 3 is 2.71 bits per heavy atom. The lowest BCUT2D eigenvalue weighted by molar-refractivity contribution is -0.137. The number of benzene rings is 1. The molecule has 3 aromatic rings. The van der Waals surface area contributed by atoms with Crippen LogP contribution in [0.1, 0.15) is 10.4 Å². The molecule has 4 rings (SSSR count). The Morgan fingerprint density at radius 1 is 1.36 bits per heavy atom. The highest BCUT2D eigenvalue weighted by Crippen LogP contribution is 2.47. The summed E-state index contributed by atoms with van der Waals surface area (Å²) in [5.41, 5.74) is -2.37. The van der Waals surface area contributed by atoms with Gasteiger partial charge in [0.05, 0.1) is 29.1 Å². The number of alkyl halides is 3. The van der Waals surface area contributed by atoms with Gasteiger partial charge in [0.1, 0.15) is 5.01 Å². The second kappa shape index (κ2) is 6.75. The predicted molar refractivity (Wildman–Crippen MR) is 101 cm³/mol. The van der Waals surface area contributed by atoms with Crippen molar-refractivity contribution in [1.29, 1.82) is 0 Å². The van der Waals surface area contributed by atoms with E-state index in [2.05, 4.69) is 9.97 Å². The number of nitrogens with one attached hydrogen (secondary N) is 1. The van der Waals surface area contributed by atoms with Gasteiger partial charge >= 0.3 is 11.9 Å². The Hall–Kier alpha value is -2.11. The first-order valence-electron chi connectivity index (χ1n) is 8.20. The van der Waals surface area contributed by atoms with Crippen molar-refractivity contribution in [3.05, 3.63) is 43.5 Å². The van der Waals surface area contributed by atoms with Crippen LogP contribution in [0.2, 0.25) is 0 Å². The molecule has 1 N–H and O–H groups in total. The van der Waals surface area contributed by atoms with Crippen LogP contribution in [0, 0.1) is 6.92 Å². The number of rotatable bonds is 2. The zero-order valence-electron chi connectivity index (χ0n) is 14.7. The standard InChI is InChI=1S/C17H14F3N3O3S2/c1-7-4-21-15(28-7)11-10(17(18,19)20)3-9-12-13(11)27-6-8(26-2)5-23(12)16(25)22-14(9)24/h3-4,8H,5-6H2,1-2H3,(H,22,24,25)/t8-/m0/s1. The zero-order chi connectivity index (χ0) is 20.2. The number of aromatic amines is 1. The fourth-order valence-corrected chi connectivity index (χ4v) is 5.41. The minimum Gasteiger partial charge on any atom is -0.379 e. The van der Waals surface area contributed by atoms with E-state index in [4.69, 9.17) is 4.74 Å². The van der Waals surface area contributed by atoms with Crippen molar-refractivity contribution in [2.45, 2.75) is 30.6 Å². The van der Waals surface area contributed by atoms with Crippen LogP contribution < -0.4 is 11.2 Å². The Balaban J connectivity index is 2.20. The average Bonchev–Trinajstić information content (AvgIpc) is 2.94. The fourth-order valence-electron chi connectivity index (χ4n) is 3.22. The number of nitrogens with zero attached hydrogens (tertiary/aromatic N) is 2. The minimum absolute atomic E-state index is 0.0985. The van der Waals surface area contributed by atoms with E-state index < -0.39 is 29.1 Å². The first-order chi connectivity index (χ1) is 13.2. The summed E-state index contributed by atoms with van der Waals surface area (Å²) in [5, 5.41) is 0.0209. The lowest BCUT2D eigenvalue weighted by Crippen LogP contribution is -2.34. The quantitative estimate of drug-likeness (QED) is 0.677. The fraction of sp³-hybridized carbons (Fsp3) is 0.353.